The molecule has 5 rings (SSSR count). The van der Waals surface area contributed by atoms with Gasteiger partial charge in [0.1, 0.15) is 10.9 Å². The van der Waals surface area contributed by atoms with Crippen molar-refractivity contribution in [2.24, 2.45) is 10.3 Å². The van der Waals surface area contributed by atoms with E-state index in [0.29, 0.717) is 23.9 Å². The molecule has 31 heavy (non-hydrogen) atoms. The lowest BCUT2D eigenvalue weighted by Gasteiger charge is -2.36. The summed E-state index contributed by atoms with van der Waals surface area (Å²) in [6.07, 6.45) is 4.67. The summed E-state index contributed by atoms with van der Waals surface area (Å²) < 4.78 is 29.0. The van der Waals surface area contributed by atoms with Crippen LogP contribution in [-0.2, 0) is 21.2 Å². The van der Waals surface area contributed by atoms with Crippen molar-refractivity contribution >= 4 is 21.8 Å². The number of hydrogen-bond donors (Lipinski definition) is 0. The van der Waals surface area contributed by atoms with Crippen molar-refractivity contribution in [2.75, 3.05) is 19.6 Å². The zero-order chi connectivity index (χ0) is 21.4. The Morgan fingerprint density at radius 3 is 2.42 bits per heavy atom. The number of nitrogens with zero attached hydrogens (tertiary/aromatic N) is 3. The second-order valence-electron chi connectivity index (χ2n) is 8.70. The number of fused-ring (bicyclic) bond motifs is 1. The molecular weight excluding hydrogens is 410 g/mol. The summed E-state index contributed by atoms with van der Waals surface area (Å²) in [7, 11) is -3.68. The molecule has 3 aliphatic heterocycles. The van der Waals surface area contributed by atoms with E-state index in [4.69, 9.17) is 0 Å². The molecule has 0 spiro atoms. The third-order valence-corrected chi connectivity index (χ3v) is 8.04. The quantitative estimate of drug-likeness (QED) is 0.740. The second kappa shape index (κ2) is 8.11. The highest BCUT2D eigenvalue weighted by atomic mass is 32.2. The smallest absolute Gasteiger partial charge is 0.285 e. The van der Waals surface area contributed by atoms with Crippen molar-refractivity contribution in [3.63, 3.8) is 0 Å². The van der Waals surface area contributed by atoms with Crippen LogP contribution in [0.4, 0.5) is 0 Å². The fourth-order valence-electron chi connectivity index (χ4n) is 5.09. The van der Waals surface area contributed by atoms with Crippen molar-refractivity contribution < 1.29 is 13.2 Å². The summed E-state index contributed by atoms with van der Waals surface area (Å²) in [4.78, 5) is 17.5. The lowest BCUT2D eigenvalue weighted by Crippen LogP contribution is -2.50. The first-order chi connectivity index (χ1) is 15.0. The number of amides is 1. The molecule has 3 heterocycles. The largest absolute Gasteiger partial charge is 0.343 e. The zero-order valence-corrected chi connectivity index (χ0v) is 18.3. The van der Waals surface area contributed by atoms with E-state index in [1.54, 1.807) is 18.2 Å². The van der Waals surface area contributed by atoms with Gasteiger partial charge in [0.15, 0.2) is 5.84 Å². The number of carbonyl (C=O) groups excluding carboxylic acids is 1. The molecule has 0 aliphatic carbocycles. The van der Waals surface area contributed by atoms with E-state index >= 15 is 0 Å². The van der Waals surface area contributed by atoms with Crippen molar-refractivity contribution in [3.05, 3.63) is 65.7 Å². The molecule has 3 aliphatic rings. The van der Waals surface area contributed by atoms with Crippen molar-refractivity contribution in [3.8, 4) is 0 Å². The van der Waals surface area contributed by atoms with Crippen LogP contribution in [0.5, 0.6) is 0 Å². The zero-order valence-electron chi connectivity index (χ0n) is 17.5. The molecule has 0 radical (unpaired) electrons. The Kier molecular flexibility index (Phi) is 5.30. The maximum atomic E-state index is 13.4. The SMILES string of the molecule is O=C([C@@H]1CCCN1C1=NS(=O)(=O)c2ccccc21)N1CCC(Cc2ccccc2)CC1. The minimum Gasteiger partial charge on any atom is -0.343 e. The van der Waals surface area contributed by atoms with Crippen LogP contribution < -0.4 is 0 Å². The van der Waals surface area contributed by atoms with E-state index in [1.807, 2.05) is 21.9 Å². The van der Waals surface area contributed by atoms with Crippen molar-refractivity contribution in [2.45, 2.75) is 43.0 Å². The Bertz CT molecular complexity index is 1110. The van der Waals surface area contributed by atoms with Crippen LogP contribution in [0.25, 0.3) is 0 Å². The van der Waals surface area contributed by atoms with Crippen LogP contribution in [0.1, 0.15) is 36.8 Å². The van der Waals surface area contributed by atoms with Crippen LogP contribution in [0.2, 0.25) is 0 Å². The monoisotopic (exact) mass is 437 g/mol. The third-order valence-electron chi connectivity index (χ3n) is 6.72. The van der Waals surface area contributed by atoms with E-state index in [-0.39, 0.29) is 16.8 Å². The van der Waals surface area contributed by atoms with Gasteiger partial charge in [0, 0.05) is 25.2 Å². The highest BCUT2D eigenvalue weighted by Gasteiger charge is 2.41. The molecular formula is C24H27N3O3S. The Morgan fingerprint density at radius 1 is 0.935 bits per heavy atom. The summed E-state index contributed by atoms with van der Waals surface area (Å²) in [5.41, 5.74) is 1.97. The normalized spacial score (nSPS) is 23.0. The van der Waals surface area contributed by atoms with Gasteiger partial charge in [-0.1, -0.05) is 42.5 Å². The molecule has 2 fully saturated rings. The van der Waals surface area contributed by atoms with E-state index in [0.717, 1.165) is 45.2 Å². The van der Waals surface area contributed by atoms with Gasteiger partial charge in [-0.3, -0.25) is 4.79 Å². The Morgan fingerprint density at radius 2 is 1.65 bits per heavy atom. The summed E-state index contributed by atoms with van der Waals surface area (Å²) in [6, 6.07) is 17.1. The molecule has 7 heteroatoms. The molecule has 0 unspecified atom stereocenters. The van der Waals surface area contributed by atoms with Gasteiger partial charge in [0.05, 0.1) is 0 Å². The molecule has 6 nitrogen and oxygen atoms in total. The van der Waals surface area contributed by atoms with Gasteiger partial charge in [0.25, 0.3) is 10.0 Å². The molecule has 0 saturated carbocycles. The Hall–Kier alpha value is -2.67. The molecule has 2 aromatic carbocycles. The maximum absolute atomic E-state index is 13.4. The van der Waals surface area contributed by atoms with Gasteiger partial charge in [-0.2, -0.15) is 8.42 Å². The molecule has 0 bridgehead atoms. The van der Waals surface area contributed by atoms with Gasteiger partial charge in [-0.05, 0) is 55.7 Å². The standard InChI is InChI=1S/C24H27N3O3S/c28-24(26-15-12-19(13-16-26)17-18-7-2-1-3-8-18)21-10-6-14-27(21)23-20-9-4-5-11-22(20)31(29,30)25-23/h1-5,7-9,11,19,21H,6,10,12-17H2/t21-/m0/s1. The van der Waals surface area contributed by atoms with Crippen LogP contribution in [0.15, 0.2) is 63.9 Å². The van der Waals surface area contributed by atoms with E-state index in [2.05, 4.69) is 28.7 Å². The molecule has 0 aromatic heterocycles. The fraction of sp³-hybridized carbons (Fsp3) is 0.417. The lowest BCUT2D eigenvalue weighted by molar-refractivity contribution is -0.136. The minimum atomic E-state index is -3.68. The second-order valence-corrected chi connectivity index (χ2v) is 10.3. The number of likely N-dealkylation sites (tertiary alicyclic amines) is 2. The van der Waals surface area contributed by atoms with Crippen LogP contribution in [0.3, 0.4) is 0 Å². The highest BCUT2D eigenvalue weighted by molar-refractivity contribution is 7.90. The maximum Gasteiger partial charge on any atom is 0.285 e. The van der Waals surface area contributed by atoms with Gasteiger partial charge < -0.3 is 9.80 Å². The Balaban J connectivity index is 1.27. The summed E-state index contributed by atoms with van der Waals surface area (Å²) >= 11 is 0. The van der Waals surface area contributed by atoms with Crippen LogP contribution in [0, 0.1) is 5.92 Å². The predicted octanol–water partition coefficient (Wildman–Crippen LogP) is 3.08. The average Bonchev–Trinajstić information content (AvgIpc) is 3.37. The third kappa shape index (κ3) is 3.87. The van der Waals surface area contributed by atoms with Gasteiger partial charge >= 0.3 is 0 Å². The molecule has 1 atom stereocenters. The molecule has 2 saturated heterocycles. The lowest BCUT2D eigenvalue weighted by atomic mass is 9.90. The predicted molar refractivity (Wildman–Crippen MR) is 119 cm³/mol. The highest BCUT2D eigenvalue weighted by Crippen LogP contribution is 2.32. The number of hydrogen-bond acceptors (Lipinski definition) is 4. The van der Waals surface area contributed by atoms with E-state index in [1.165, 1.54) is 5.56 Å². The number of benzene rings is 2. The van der Waals surface area contributed by atoms with Gasteiger partial charge in [-0.25, -0.2) is 0 Å². The minimum absolute atomic E-state index is 0.111. The first kappa shape index (κ1) is 20.2. The fourth-order valence-corrected chi connectivity index (χ4v) is 6.31. The number of piperidine rings is 1. The number of sulfonamides is 1. The molecule has 162 valence electrons. The average molecular weight is 438 g/mol. The summed E-state index contributed by atoms with van der Waals surface area (Å²) in [5.74, 6) is 1.15. The molecule has 2 aromatic rings. The number of amidine groups is 1. The van der Waals surface area contributed by atoms with E-state index < -0.39 is 10.0 Å². The first-order valence-electron chi connectivity index (χ1n) is 11.1. The van der Waals surface area contributed by atoms with Gasteiger partial charge in [0.2, 0.25) is 5.91 Å². The van der Waals surface area contributed by atoms with Gasteiger partial charge in [-0.15, -0.1) is 4.40 Å². The first-order valence-corrected chi connectivity index (χ1v) is 12.5. The van der Waals surface area contributed by atoms with Crippen molar-refractivity contribution in [1.29, 1.82) is 0 Å². The van der Waals surface area contributed by atoms with Crippen LogP contribution in [-0.4, -0.2) is 55.6 Å². The summed E-state index contributed by atoms with van der Waals surface area (Å²) in [6.45, 7) is 2.19. The summed E-state index contributed by atoms with van der Waals surface area (Å²) in [5, 5.41) is 0. The molecule has 0 N–H and O–H groups in total. The van der Waals surface area contributed by atoms with Crippen molar-refractivity contribution in [1.82, 2.24) is 9.80 Å². The number of carbonyl (C=O) groups is 1. The number of rotatable bonds is 3. The van der Waals surface area contributed by atoms with Crippen LogP contribution >= 0.6 is 0 Å². The Labute approximate surface area is 183 Å². The van der Waals surface area contributed by atoms with E-state index in [9.17, 15) is 13.2 Å². The molecule has 1 amide bonds. The topological polar surface area (TPSA) is 70.0 Å².